The number of ether oxygens (including phenoxy) is 1. The number of anilines is 3. The maximum Gasteiger partial charge on any atom is 0.275 e. The number of amides is 1. The molecule has 27 heavy (non-hydrogen) atoms. The van der Waals surface area contributed by atoms with Crippen molar-refractivity contribution in [2.45, 2.75) is 13.8 Å². The summed E-state index contributed by atoms with van der Waals surface area (Å²) in [5, 5.41) is 6.56. The Morgan fingerprint density at radius 1 is 1.15 bits per heavy atom. The monoisotopic (exact) mass is 382 g/mol. The molecule has 0 bridgehead atoms. The van der Waals surface area contributed by atoms with Crippen LogP contribution in [0.25, 0.3) is 0 Å². The molecule has 0 aliphatic heterocycles. The average Bonchev–Trinajstić information content (AvgIpc) is 2.67. The summed E-state index contributed by atoms with van der Waals surface area (Å²) in [6, 6.07) is 12.9. The third kappa shape index (κ3) is 4.74. The molecule has 3 rings (SSSR count). The molecule has 7 heteroatoms. The molecule has 0 saturated carbocycles. The number of carbonyl (C=O) groups excluding carboxylic acids is 1. The fraction of sp³-hybridized carbons (Fsp3) is 0.150. The van der Waals surface area contributed by atoms with Crippen molar-refractivity contribution in [3.8, 4) is 5.75 Å². The third-order valence-electron chi connectivity index (χ3n) is 3.76. The van der Waals surface area contributed by atoms with Crippen LogP contribution in [0.2, 0.25) is 5.02 Å². The number of rotatable bonds is 6. The van der Waals surface area contributed by atoms with Crippen LogP contribution >= 0.6 is 11.6 Å². The molecule has 0 unspecified atom stereocenters. The quantitative estimate of drug-likeness (QED) is 0.638. The highest BCUT2D eigenvalue weighted by Gasteiger charge is 2.11. The number of aryl methyl sites for hydroxylation is 1. The first-order valence-electron chi connectivity index (χ1n) is 8.45. The van der Waals surface area contributed by atoms with Gasteiger partial charge >= 0.3 is 0 Å². The van der Waals surface area contributed by atoms with Gasteiger partial charge in [-0.25, -0.2) is 9.97 Å². The molecule has 0 aliphatic carbocycles. The van der Waals surface area contributed by atoms with Gasteiger partial charge in [0, 0.05) is 10.7 Å². The zero-order chi connectivity index (χ0) is 19.2. The van der Waals surface area contributed by atoms with Crippen molar-refractivity contribution in [3.63, 3.8) is 0 Å². The molecule has 0 fully saturated rings. The van der Waals surface area contributed by atoms with Gasteiger partial charge in [0.2, 0.25) is 0 Å². The van der Waals surface area contributed by atoms with Crippen LogP contribution in [-0.2, 0) is 0 Å². The Kier molecular flexibility index (Phi) is 5.88. The van der Waals surface area contributed by atoms with Gasteiger partial charge in [0.25, 0.3) is 5.91 Å². The van der Waals surface area contributed by atoms with Crippen LogP contribution in [0.5, 0.6) is 5.75 Å². The topological polar surface area (TPSA) is 76.1 Å². The van der Waals surface area contributed by atoms with Gasteiger partial charge in [-0.05, 0) is 43.7 Å². The Hall–Kier alpha value is -3.12. The van der Waals surface area contributed by atoms with E-state index < -0.39 is 0 Å². The lowest BCUT2D eigenvalue weighted by atomic mass is 10.2. The van der Waals surface area contributed by atoms with Gasteiger partial charge in [-0.1, -0.05) is 29.8 Å². The molecule has 1 amide bonds. The van der Waals surface area contributed by atoms with E-state index in [1.54, 1.807) is 12.1 Å². The van der Waals surface area contributed by atoms with E-state index >= 15 is 0 Å². The van der Waals surface area contributed by atoms with E-state index in [1.807, 2.05) is 44.2 Å². The van der Waals surface area contributed by atoms with Crippen LogP contribution < -0.4 is 15.4 Å². The van der Waals surface area contributed by atoms with Crippen LogP contribution in [0.4, 0.5) is 17.2 Å². The zero-order valence-electron chi connectivity index (χ0n) is 15.0. The van der Waals surface area contributed by atoms with E-state index in [0.29, 0.717) is 28.9 Å². The smallest absolute Gasteiger partial charge is 0.275 e. The van der Waals surface area contributed by atoms with E-state index in [1.165, 1.54) is 12.4 Å². The minimum atomic E-state index is -0.361. The predicted octanol–water partition coefficient (Wildman–Crippen LogP) is 4.83. The second-order valence-corrected chi connectivity index (χ2v) is 6.17. The molecular weight excluding hydrogens is 364 g/mol. The van der Waals surface area contributed by atoms with Crippen molar-refractivity contribution in [3.05, 3.63) is 71.1 Å². The van der Waals surface area contributed by atoms with Gasteiger partial charge in [0.15, 0.2) is 0 Å². The summed E-state index contributed by atoms with van der Waals surface area (Å²) < 4.78 is 5.51. The van der Waals surface area contributed by atoms with Crippen molar-refractivity contribution in [2.24, 2.45) is 0 Å². The molecule has 0 atom stereocenters. The lowest BCUT2D eigenvalue weighted by Gasteiger charge is -2.11. The van der Waals surface area contributed by atoms with Gasteiger partial charge in [0.1, 0.15) is 17.3 Å². The number of para-hydroxylation sites is 2. The fourth-order valence-corrected chi connectivity index (χ4v) is 2.55. The SMILES string of the molecule is CCOc1ccccc1NC(=O)c1cnc(Nc2ccc(C)c(Cl)c2)cn1. The van der Waals surface area contributed by atoms with Gasteiger partial charge in [0.05, 0.1) is 24.7 Å². The predicted molar refractivity (Wildman–Crippen MR) is 107 cm³/mol. The molecule has 3 aromatic rings. The van der Waals surface area contributed by atoms with Crippen LogP contribution in [0.1, 0.15) is 23.0 Å². The molecule has 0 radical (unpaired) electrons. The van der Waals surface area contributed by atoms with Crippen molar-refractivity contribution in [2.75, 3.05) is 17.2 Å². The number of nitrogens with zero attached hydrogens (tertiary/aromatic N) is 2. The normalized spacial score (nSPS) is 10.3. The highest BCUT2D eigenvalue weighted by atomic mass is 35.5. The standard InChI is InChI=1S/C20H19ClN4O2/c1-3-27-18-7-5-4-6-16(18)25-20(26)17-11-23-19(12-22-17)24-14-9-8-13(2)15(21)10-14/h4-12H,3H2,1-2H3,(H,23,24)(H,25,26). The van der Waals surface area contributed by atoms with Crippen LogP contribution in [-0.4, -0.2) is 22.5 Å². The summed E-state index contributed by atoms with van der Waals surface area (Å²) >= 11 is 6.12. The first kappa shape index (κ1) is 18.7. The number of hydrogen-bond donors (Lipinski definition) is 2. The lowest BCUT2D eigenvalue weighted by Crippen LogP contribution is -2.15. The molecule has 6 nitrogen and oxygen atoms in total. The van der Waals surface area contributed by atoms with Crippen molar-refractivity contribution in [1.29, 1.82) is 0 Å². The van der Waals surface area contributed by atoms with E-state index in [-0.39, 0.29) is 11.6 Å². The van der Waals surface area contributed by atoms with Gasteiger partial charge in [-0.15, -0.1) is 0 Å². The van der Waals surface area contributed by atoms with Crippen LogP contribution in [0.3, 0.4) is 0 Å². The van der Waals surface area contributed by atoms with E-state index in [2.05, 4.69) is 20.6 Å². The molecule has 0 spiro atoms. The Morgan fingerprint density at radius 2 is 1.96 bits per heavy atom. The Morgan fingerprint density at radius 3 is 2.67 bits per heavy atom. The maximum atomic E-state index is 12.4. The van der Waals surface area contributed by atoms with E-state index in [9.17, 15) is 4.79 Å². The summed E-state index contributed by atoms with van der Waals surface area (Å²) in [7, 11) is 0. The number of benzene rings is 2. The lowest BCUT2D eigenvalue weighted by molar-refractivity contribution is 0.102. The van der Waals surface area contributed by atoms with Gasteiger partial charge in [-0.3, -0.25) is 4.79 Å². The first-order valence-corrected chi connectivity index (χ1v) is 8.83. The zero-order valence-corrected chi connectivity index (χ0v) is 15.7. The van der Waals surface area contributed by atoms with Crippen molar-refractivity contribution >= 4 is 34.7 Å². The summed E-state index contributed by atoms with van der Waals surface area (Å²) in [5.41, 5.74) is 2.58. The minimum Gasteiger partial charge on any atom is -0.492 e. The molecule has 1 heterocycles. The second-order valence-electron chi connectivity index (χ2n) is 5.76. The third-order valence-corrected chi connectivity index (χ3v) is 4.17. The number of carbonyl (C=O) groups is 1. The Balaban J connectivity index is 1.69. The molecule has 0 saturated heterocycles. The largest absolute Gasteiger partial charge is 0.492 e. The van der Waals surface area contributed by atoms with E-state index in [4.69, 9.17) is 16.3 Å². The molecule has 2 N–H and O–H groups in total. The summed E-state index contributed by atoms with van der Waals surface area (Å²) in [5.74, 6) is 0.761. The van der Waals surface area contributed by atoms with Gasteiger partial charge in [-0.2, -0.15) is 0 Å². The number of hydrogen-bond acceptors (Lipinski definition) is 5. The summed E-state index contributed by atoms with van der Waals surface area (Å²) in [4.78, 5) is 20.8. The van der Waals surface area contributed by atoms with Crippen LogP contribution in [0, 0.1) is 6.92 Å². The second kappa shape index (κ2) is 8.51. The molecule has 1 aromatic heterocycles. The number of halogens is 1. The van der Waals surface area contributed by atoms with Crippen LogP contribution in [0.15, 0.2) is 54.9 Å². The Labute approximate surface area is 162 Å². The molecule has 138 valence electrons. The number of nitrogens with one attached hydrogen (secondary N) is 2. The fourth-order valence-electron chi connectivity index (χ4n) is 2.37. The molecule has 2 aromatic carbocycles. The van der Waals surface area contributed by atoms with Crippen molar-refractivity contribution < 1.29 is 9.53 Å². The molecular formula is C20H19ClN4O2. The maximum absolute atomic E-state index is 12.4. The van der Waals surface area contributed by atoms with E-state index in [0.717, 1.165) is 11.3 Å². The first-order chi connectivity index (χ1) is 13.1. The molecule has 0 aliphatic rings. The highest BCUT2D eigenvalue weighted by Crippen LogP contribution is 2.24. The highest BCUT2D eigenvalue weighted by molar-refractivity contribution is 6.31. The van der Waals surface area contributed by atoms with Gasteiger partial charge < -0.3 is 15.4 Å². The summed E-state index contributed by atoms with van der Waals surface area (Å²) in [6.07, 6.45) is 2.91. The Bertz CT molecular complexity index is 945. The minimum absolute atomic E-state index is 0.203. The van der Waals surface area contributed by atoms with Crippen molar-refractivity contribution in [1.82, 2.24) is 9.97 Å². The average molecular weight is 383 g/mol. The number of aromatic nitrogens is 2. The summed E-state index contributed by atoms with van der Waals surface area (Å²) in [6.45, 7) is 4.33.